The molecule has 0 saturated heterocycles. The summed E-state index contributed by atoms with van der Waals surface area (Å²) in [7, 11) is 2.09. The van der Waals surface area contributed by atoms with E-state index in [0.29, 0.717) is 0 Å². The van der Waals surface area contributed by atoms with E-state index in [1.165, 1.54) is 16.1 Å². The van der Waals surface area contributed by atoms with Crippen molar-refractivity contribution in [2.24, 2.45) is 5.73 Å². The molecular weight excluding hydrogens is 368 g/mol. The summed E-state index contributed by atoms with van der Waals surface area (Å²) in [4.78, 5) is 3.47. The third-order valence-corrected chi connectivity index (χ3v) is 5.32. The van der Waals surface area contributed by atoms with Gasteiger partial charge in [0.2, 0.25) is 0 Å². The first-order valence-corrected chi connectivity index (χ1v) is 8.97. The highest BCUT2D eigenvalue weighted by atomic mass is 79.9. The minimum Gasteiger partial charge on any atom is -0.369 e. The van der Waals surface area contributed by atoms with Gasteiger partial charge < -0.3 is 10.6 Å². The lowest BCUT2D eigenvalue weighted by Gasteiger charge is -2.21. The number of benzene rings is 1. The zero-order chi connectivity index (χ0) is 15.4. The van der Waals surface area contributed by atoms with Crippen LogP contribution in [-0.4, -0.2) is 13.1 Å². The van der Waals surface area contributed by atoms with Gasteiger partial charge in [-0.15, -0.1) is 11.3 Å². The second kappa shape index (κ2) is 7.63. The quantitative estimate of drug-likeness (QED) is 0.749. The van der Waals surface area contributed by atoms with Crippen LogP contribution in [0.25, 0.3) is 0 Å². The van der Waals surface area contributed by atoms with Gasteiger partial charge in [-0.3, -0.25) is 0 Å². The molecule has 0 aliphatic rings. The van der Waals surface area contributed by atoms with E-state index in [0.717, 1.165) is 28.2 Å². The van der Waals surface area contributed by atoms with E-state index >= 15 is 0 Å². The average molecular weight is 388 g/mol. The van der Waals surface area contributed by atoms with Crippen LogP contribution < -0.4 is 10.6 Å². The lowest BCUT2D eigenvalue weighted by atomic mass is 10.0. The van der Waals surface area contributed by atoms with Crippen LogP contribution in [0.4, 0.5) is 5.69 Å². The maximum absolute atomic E-state index is 6.02. The molecule has 1 unspecified atom stereocenters. The summed E-state index contributed by atoms with van der Waals surface area (Å²) in [6, 6.07) is 10.7. The van der Waals surface area contributed by atoms with Gasteiger partial charge in [0.25, 0.3) is 0 Å². The summed E-state index contributed by atoms with van der Waals surface area (Å²) in [5, 5.41) is 0. The van der Waals surface area contributed by atoms with E-state index in [1.807, 2.05) is 6.07 Å². The summed E-state index contributed by atoms with van der Waals surface area (Å²) < 4.78 is 1.94. The summed E-state index contributed by atoms with van der Waals surface area (Å²) >= 11 is 11.3. The maximum atomic E-state index is 6.02. The minimum absolute atomic E-state index is 0.230. The number of nitrogens with two attached hydrogens (primary N) is 1. The zero-order valence-electron chi connectivity index (χ0n) is 12.3. The molecule has 0 spiro atoms. The van der Waals surface area contributed by atoms with E-state index in [4.69, 9.17) is 17.3 Å². The molecule has 2 nitrogen and oxygen atoms in total. The Morgan fingerprint density at radius 2 is 2.10 bits per heavy atom. The van der Waals surface area contributed by atoms with Crippen molar-refractivity contribution in [1.82, 2.24) is 0 Å². The normalized spacial score (nSPS) is 12.4. The van der Waals surface area contributed by atoms with Crippen LogP contribution >= 0.6 is 38.9 Å². The molecule has 0 amide bonds. The molecule has 0 aliphatic heterocycles. The number of nitrogens with zero attached hydrogens (tertiary/aromatic N) is 1. The van der Waals surface area contributed by atoms with Crippen LogP contribution in [0.2, 0.25) is 4.34 Å². The third-order valence-electron chi connectivity index (χ3n) is 3.47. The summed E-state index contributed by atoms with van der Waals surface area (Å²) in [6.45, 7) is 2.97. The third kappa shape index (κ3) is 4.71. The van der Waals surface area contributed by atoms with E-state index in [2.05, 4.69) is 59.1 Å². The Morgan fingerprint density at radius 1 is 1.33 bits per heavy atom. The molecule has 1 aromatic carbocycles. The number of halogens is 2. The van der Waals surface area contributed by atoms with Gasteiger partial charge in [-0.2, -0.15) is 0 Å². The van der Waals surface area contributed by atoms with Crippen molar-refractivity contribution in [2.45, 2.75) is 32.4 Å². The molecule has 1 heterocycles. The number of hydrogen-bond acceptors (Lipinski definition) is 3. The topological polar surface area (TPSA) is 29.3 Å². The van der Waals surface area contributed by atoms with Crippen molar-refractivity contribution in [3.8, 4) is 0 Å². The van der Waals surface area contributed by atoms with Crippen LogP contribution in [-0.2, 0) is 13.0 Å². The van der Waals surface area contributed by atoms with Crippen molar-refractivity contribution >= 4 is 44.6 Å². The molecule has 0 fully saturated rings. The zero-order valence-corrected chi connectivity index (χ0v) is 15.4. The number of hydrogen-bond donors (Lipinski definition) is 1. The highest BCUT2D eigenvalue weighted by molar-refractivity contribution is 9.10. The molecular formula is C16H20BrClN2S. The molecule has 2 rings (SSSR count). The van der Waals surface area contributed by atoms with Gasteiger partial charge in [-0.1, -0.05) is 24.6 Å². The molecule has 2 aromatic rings. The van der Waals surface area contributed by atoms with Crippen molar-refractivity contribution in [2.75, 3.05) is 11.9 Å². The van der Waals surface area contributed by atoms with E-state index in [9.17, 15) is 0 Å². The largest absolute Gasteiger partial charge is 0.369 e. The fourth-order valence-corrected chi connectivity index (χ4v) is 4.06. The molecule has 0 saturated carbocycles. The van der Waals surface area contributed by atoms with Gasteiger partial charge in [0, 0.05) is 22.4 Å². The fraction of sp³-hybridized carbons (Fsp3) is 0.375. The molecule has 0 bridgehead atoms. The van der Waals surface area contributed by atoms with Crippen molar-refractivity contribution in [3.63, 3.8) is 0 Å². The molecule has 1 atom stereocenters. The highest BCUT2D eigenvalue weighted by Gasteiger charge is 2.10. The van der Waals surface area contributed by atoms with Gasteiger partial charge in [0.1, 0.15) is 0 Å². The molecule has 21 heavy (non-hydrogen) atoms. The predicted octanol–water partition coefficient (Wildman–Crippen LogP) is 5.08. The molecule has 0 aliphatic carbocycles. The van der Waals surface area contributed by atoms with Crippen LogP contribution in [0.1, 0.15) is 23.8 Å². The van der Waals surface area contributed by atoms with Crippen LogP contribution in [0, 0.1) is 0 Å². The van der Waals surface area contributed by atoms with Gasteiger partial charge in [-0.25, -0.2) is 0 Å². The molecule has 2 N–H and O–H groups in total. The minimum atomic E-state index is 0.230. The first kappa shape index (κ1) is 16.8. The number of anilines is 1. The number of rotatable bonds is 6. The fourth-order valence-electron chi connectivity index (χ4n) is 2.19. The average Bonchev–Trinajstić information content (AvgIpc) is 2.83. The van der Waals surface area contributed by atoms with E-state index in [-0.39, 0.29) is 6.04 Å². The second-order valence-electron chi connectivity index (χ2n) is 5.22. The molecule has 0 radical (unpaired) electrons. The molecule has 5 heteroatoms. The maximum Gasteiger partial charge on any atom is 0.0931 e. The van der Waals surface area contributed by atoms with Crippen molar-refractivity contribution < 1.29 is 0 Å². The first-order valence-electron chi connectivity index (χ1n) is 6.99. The van der Waals surface area contributed by atoms with E-state index in [1.54, 1.807) is 11.3 Å². The Labute approximate surface area is 144 Å². The lowest BCUT2D eigenvalue weighted by molar-refractivity contribution is 0.646. The highest BCUT2D eigenvalue weighted by Crippen LogP contribution is 2.30. The van der Waals surface area contributed by atoms with Gasteiger partial charge in [-0.05, 0) is 58.6 Å². The van der Waals surface area contributed by atoms with Gasteiger partial charge >= 0.3 is 0 Å². The smallest absolute Gasteiger partial charge is 0.0931 e. The Kier molecular flexibility index (Phi) is 6.11. The Hall–Kier alpha value is -0.550. The standard InChI is InChI=1S/C16H20BrClN2S/c1-3-12(19)8-11-4-6-15(14(17)9-11)20(2)10-13-5-7-16(18)21-13/h4-7,9,12H,3,8,10,19H2,1-2H3. The Bertz CT molecular complexity index is 600. The second-order valence-corrected chi connectivity index (χ2v) is 7.87. The summed E-state index contributed by atoms with van der Waals surface area (Å²) in [6.07, 6.45) is 1.91. The summed E-state index contributed by atoms with van der Waals surface area (Å²) in [5.41, 5.74) is 8.47. The molecule has 114 valence electrons. The van der Waals surface area contributed by atoms with Crippen molar-refractivity contribution in [1.29, 1.82) is 0 Å². The summed E-state index contributed by atoms with van der Waals surface area (Å²) in [5.74, 6) is 0. The van der Waals surface area contributed by atoms with E-state index < -0.39 is 0 Å². The monoisotopic (exact) mass is 386 g/mol. The Balaban J connectivity index is 2.09. The van der Waals surface area contributed by atoms with Crippen LogP contribution in [0.15, 0.2) is 34.8 Å². The Morgan fingerprint density at radius 3 is 2.67 bits per heavy atom. The SMILES string of the molecule is CCC(N)Cc1ccc(N(C)Cc2ccc(Cl)s2)c(Br)c1. The molecule has 1 aromatic heterocycles. The lowest BCUT2D eigenvalue weighted by Crippen LogP contribution is -2.21. The van der Waals surface area contributed by atoms with Gasteiger partial charge in [0.15, 0.2) is 0 Å². The van der Waals surface area contributed by atoms with Crippen LogP contribution in [0.3, 0.4) is 0 Å². The number of thiophene rings is 1. The van der Waals surface area contributed by atoms with Gasteiger partial charge in [0.05, 0.1) is 16.6 Å². The van der Waals surface area contributed by atoms with Crippen molar-refractivity contribution in [3.05, 3.63) is 49.6 Å². The predicted molar refractivity (Wildman–Crippen MR) is 97.5 cm³/mol. The van der Waals surface area contributed by atoms with Crippen LogP contribution in [0.5, 0.6) is 0 Å². The first-order chi connectivity index (χ1) is 9.99.